The Kier molecular flexibility index (Phi) is 51.6. The monoisotopic (exact) mass is 888 g/mol. The van der Waals surface area contributed by atoms with Gasteiger partial charge in [-0.2, -0.15) is 0 Å². The molecule has 0 heterocycles. The molecule has 2 unspecified atom stereocenters. The van der Waals surface area contributed by atoms with E-state index in [9.17, 15) is 19.8 Å². The molecule has 0 aromatic heterocycles. The van der Waals surface area contributed by atoms with Crippen molar-refractivity contribution < 1.29 is 24.5 Å². The van der Waals surface area contributed by atoms with Crippen molar-refractivity contribution in [3.8, 4) is 0 Å². The van der Waals surface area contributed by atoms with Crippen molar-refractivity contribution in [2.45, 2.75) is 315 Å². The number of amides is 1. The molecule has 0 radical (unpaired) electrons. The molecular formula is C57H109NO5. The summed E-state index contributed by atoms with van der Waals surface area (Å²) in [5.74, 6) is -0.0857. The number of hydrogen-bond donors (Lipinski definition) is 3. The van der Waals surface area contributed by atoms with Crippen LogP contribution in [0.1, 0.15) is 303 Å². The van der Waals surface area contributed by atoms with Gasteiger partial charge in [0.05, 0.1) is 25.4 Å². The van der Waals surface area contributed by atoms with Crippen LogP contribution in [0.3, 0.4) is 0 Å². The molecule has 2 atom stereocenters. The zero-order valence-corrected chi connectivity index (χ0v) is 42.3. The summed E-state index contributed by atoms with van der Waals surface area (Å²) < 4.78 is 5.46. The summed E-state index contributed by atoms with van der Waals surface area (Å²) in [7, 11) is 0. The van der Waals surface area contributed by atoms with Gasteiger partial charge in [-0.3, -0.25) is 9.59 Å². The lowest BCUT2D eigenvalue weighted by molar-refractivity contribution is -0.143. The molecule has 63 heavy (non-hydrogen) atoms. The van der Waals surface area contributed by atoms with Crippen LogP contribution in [0.25, 0.3) is 0 Å². The van der Waals surface area contributed by atoms with E-state index in [0.29, 0.717) is 19.4 Å². The predicted octanol–water partition coefficient (Wildman–Crippen LogP) is 17.1. The lowest BCUT2D eigenvalue weighted by Gasteiger charge is -2.20. The molecule has 0 aromatic carbocycles. The number of hydrogen-bond acceptors (Lipinski definition) is 5. The Morgan fingerprint density at radius 2 is 0.746 bits per heavy atom. The number of nitrogens with one attached hydrogen (secondary N) is 1. The summed E-state index contributed by atoms with van der Waals surface area (Å²) in [4.78, 5) is 24.5. The van der Waals surface area contributed by atoms with E-state index in [1.54, 1.807) is 6.08 Å². The van der Waals surface area contributed by atoms with E-state index in [2.05, 4.69) is 31.3 Å². The fourth-order valence-corrected chi connectivity index (χ4v) is 8.63. The minimum absolute atomic E-state index is 0.00225. The fourth-order valence-electron chi connectivity index (χ4n) is 8.63. The molecule has 3 N–H and O–H groups in total. The van der Waals surface area contributed by atoms with E-state index < -0.39 is 12.1 Å². The first-order valence-electron chi connectivity index (χ1n) is 28.1. The zero-order valence-electron chi connectivity index (χ0n) is 42.3. The normalized spacial score (nSPS) is 12.8. The zero-order chi connectivity index (χ0) is 45.8. The van der Waals surface area contributed by atoms with Gasteiger partial charge in [0.1, 0.15) is 0 Å². The number of aliphatic hydroxyl groups excluding tert-OH is 2. The van der Waals surface area contributed by atoms with Crippen molar-refractivity contribution in [3.05, 3.63) is 24.3 Å². The smallest absolute Gasteiger partial charge is 0.305 e. The van der Waals surface area contributed by atoms with E-state index in [1.165, 1.54) is 212 Å². The van der Waals surface area contributed by atoms with Gasteiger partial charge < -0.3 is 20.3 Å². The molecule has 0 aliphatic heterocycles. The van der Waals surface area contributed by atoms with Crippen LogP contribution >= 0.6 is 0 Å². The quantitative estimate of drug-likeness (QED) is 0.0321. The first kappa shape index (κ1) is 61.3. The van der Waals surface area contributed by atoms with E-state index in [4.69, 9.17) is 4.74 Å². The number of esters is 1. The number of aliphatic hydroxyl groups is 2. The van der Waals surface area contributed by atoms with E-state index in [0.717, 1.165) is 64.2 Å². The molecule has 0 fully saturated rings. The van der Waals surface area contributed by atoms with Gasteiger partial charge in [0.25, 0.3) is 0 Å². The standard InChI is InChI=1S/C57H109NO5/c1-3-5-7-9-11-13-15-17-18-19-22-26-29-33-37-41-45-49-55(60)54(53-59)58-56(61)50-46-42-38-34-30-27-23-20-21-24-28-32-36-40-44-48-52-63-57(62)51-47-43-39-35-31-25-16-14-12-10-8-6-4-2/h20,23,45,49,54-55,59-60H,3-19,21-22,24-44,46-48,50-53H2,1-2H3,(H,58,61)/b23-20-,49-45+. The van der Waals surface area contributed by atoms with Crippen LogP contribution < -0.4 is 5.32 Å². The highest BCUT2D eigenvalue weighted by molar-refractivity contribution is 5.76. The maximum Gasteiger partial charge on any atom is 0.305 e. The maximum atomic E-state index is 12.4. The highest BCUT2D eigenvalue weighted by Crippen LogP contribution is 2.16. The van der Waals surface area contributed by atoms with Crippen molar-refractivity contribution in [1.29, 1.82) is 0 Å². The number of ether oxygens (including phenoxy) is 1. The third-order valence-corrected chi connectivity index (χ3v) is 13.0. The van der Waals surface area contributed by atoms with Crippen LogP contribution in [0.5, 0.6) is 0 Å². The number of allylic oxidation sites excluding steroid dienone is 3. The van der Waals surface area contributed by atoms with Gasteiger partial charge in [0, 0.05) is 12.8 Å². The van der Waals surface area contributed by atoms with Gasteiger partial charge in [0.2, 0.25) is 5.91 Å². The van der Waals surface area contributed by atoms with Crippen molar-refractivity contribution in [2.24, 2.45) is 0 Å². The van der Waals surface area contributed by atoms with Gasteiger partial charge >= 0.3 is 5.97 Å². The second-order valence-electron chi connectivity index (χ2n) is 19.3. The van der Waals surface area contributed by atoms with Crippen LogP contribution in [0.4, 0.5) is 0 Å². The molecule has 0 aromatic rings. The minimum Gasteiger partial charge on any atom is -0.466 e. The minimum atomic E-state index is -0.854. The highest BCUT2D eigenvalue weighted by atomic mass is 16.5. The van der Waals surface area contributed by atoms with E-state index in [1.807, 2.05) is 6.08 Å². The Morgan fingerprint density at radius 1 is 0.429 bits per heavy atom. The van der Waals surface area contributed by atoms with Crippen LogP contribution in [0, 0.1) is 0 Å². The Morgan fingerprint density at radius 3 is 1.13 bits per heavy atom. The van der Waals surface area contributed by atoms with Crippen LogP contribution in [0.15, 0.2) is 24.3 Å². The average molecular weight is 889 g/mol. The third kappa shape index (κ3) is 49.6. The van der Waals surface area contributed by atoms with Crippen molar-refractivity contribution in [1.82, 2.24) is 5.32 Å². The third-order valence-electron chi connectivity index (χ3n) is 13.0. The Labute approximate surface area is 392 Å². The van der Waals surface area contributed by atoms with Gasteiger partial charge in [-0.05, 0) is 57.8 Å². The molecule has 0 aliphatic rings. The van der Waals surface area contributed by atoms with Gasteiger partial charge in [-0.15, -0.1) is 0 Å². The van der Waals surface area contributed by atoms with E-state index in [-0.39, 0.29) is 18.5 Å². The summed E-state index contributed by atoms with van der Waals surface area (Å²) >= 11 is 0. The number of carbonyl (C=O) groups excluding carboxylic acids is 2. The molecule has 0 aliphatic carbocycles. The summed E-state index contributed by atoms with van der Waals surface area (Å²) in [6, 6.07) is -0.639. The second kappa shape index (κ2) is 53.0. The molecule has 0 bridgehead atoms. The van der Waals surface area contributed by atoms with E-state index >= 15 is 0 Å². The van der Waals surface area contributed by atoms with Gasteiger partial charge in [0.15, 0.2) is 0 Å². The average Bonchev–Trinajstić information content (AvgIpc) is 3.28. The fraction of sp³-hybridized carbons (Fsp3) is 0.895. The molecule has 1 amide bonds. The Balaban J connectivity index is 3.50. The van der Waals surface area contributed by atoms with Crippen molar-refractivity contribution >= 4 is 11.9 Å². The predicted molar refractivity (Wildman–Crippen MR) is 273 cm³/mol. The molecular weight excluding hydrogens is 779 g/mol. The second-order valence-corrected chi connectivity index (χ2v) is 19.3. The van der Waals surface area contributed by atoms with Gasteiger partial charge in [-0.25, -0.2) is 0 Å². The lowest BCUT2D eigenvalue weighted by atomic mass is 10.0. The summed E-state index contributed by atoms with van der Waals surface area (Å²) in [6.45, 7) is 4.89. The summed E-state index contributed by atoms with van der Waals surface area (Å²) in [6.07, 6.45) is 63.3. The number of carbonyl (C=O) groups is 2. The molecule has 0 spiro atoms. The van der Waals surface area contributed by atoms with Crippen LogP contribution in [-0.2, 0) is 14.3 Å². The molecule has 0 saturated heterocycles. The number of unbranched alkanes of at least 4 members (excludes halogenated alkanes) is 39. The molecule has 0 rings (SSSR count). The van der Waals surface area contributed by atoms with Crippen LogP contribution in [0.2, 0.25) is 0 Å². The number of rotatable bonds is 52. The van der Waals surface area contributed by atoms with Crippen molar-refractivity contribution in [3.63, 3.8) is 0 Å². The SMILES string of the molecule is CCCCCCCCCCCCCCCCC/C=C/C(O)C(CO)NC(=O)CCCCCCC/C=C\CCCCCCCCCOC(=O)CCCCCCCCCCCCCCC. The highest BCUT2D eigenvalue weighted by Gasteiger charge is 2.18. The first-order valence-corrected chi connectivity index (χ1v) is 28.1. The summed E-state index contributed by atoms with van der Waals surface area (Å²) in [5.41, 5.74) is 0. The topological polar surface area (TPSA) is 95.9 Å². The van der Waals surface area contributed by atoms with Gasteiger partial charge in [-0.1, -0.05) is 256 Å². The molecule has 6 nitrogen and oxygen atoms in total. The first-order chi connectivity index (χ1) is 31.0. The molecule has 6 heteroatoms. The maximum absolute atomic E-state index is 12.4. The lowest BCUT2D eigenvalue weighted by Crippen LogP contribution is -2.45. The summed E-state index contributed by atoms with van der Waals surface area (Å²) in [5, 5.41) is 23.1. The molecule has 0 saturated carbocycles. The largest absolute Gasteiger partial charge is 0.466 e. The Hall–Kier alpha value is -1.66. The van der Waals surface area contributed by atoms with Crippen molar-refractivity contribution in [2.75, 3.05) is 13.2 Å². The molecule has 372 valence electrons. The Bertz CT molecular complexity index is 982. The van der Waals surface area contributed by atoms with Crippen LogP contribution in [-0.4, -0.2) is 47.4 Å².